The van der Waals surface area contributed by atoms with E-state index in [9.17, 15) is 14.3 Å². The van der Waals surface area contributed by atoms with E-state index in [-0.39, 0.29) is 16.9 Å². The molecule has 1 unspecified atom stereocenters. The third-order valence-corrected chi connectivity index (χ3v) is 6.59. The molecule has 0 bridgehead atoms. The molecule has 33 heavy (non-hydrogen) atoms. The summed E-state index contributed by atoms with van der Waals surface area (Å²) in [5.41, 5.74) is 4.49. The van der Waals surface area contributed by atoms with Crippen molar-refractivity contribution in [3.63, 3.8) is 0 Å². The Labute approximate surface area is 189 Å². The molecule has 6 rings (SSSR count). The van der Waals surface area contributed by atoms with Crippen molar-refractivity contribution >= 4 is 39.6 Å². The first kappa shape index (κ1) is 19.8. The van der Waals surface area contributed by atoms with E-state index in [1.807, 2.05) is 12.1 Å². The van der Waals surface area contributed by atoms with E-state index in [0.29, 0.717) is 19.8 Å². The summed E-state index contributed by atoms with van der Waals surface area (Å²) < 4.78 is 19.6. The van der Waals surface area contributed by atoms with Gasteiger partial charge in [0.1, 0.15) is 5.82 Å². The Hall–Kier alpha value is -3.91. The van der Waals surface area contributed by atoms with E-state index in [2.05, 4.69) is 32.1 Å². The minimum atomic E-state index is -0.956. The van der Waals surface area contributed by atoms with Crippen molar-refractivity contribution in [2.75, 3.05) is 29.6 Å². The molecular weight excluding hydrogens is 423 g/mol. The molecule has 0 amide bonds. The molecule has 0 saturated carbocycles. The second kappa shape index (κ2) is 7.31. The van der Waals surface area contributed by atoms with Gasteiger partial charge in [0.15, 0.2) is 0 Å². The van der Waals surface area contributed by atoms with Crippen molar-refractivity contribution < 1.29 is 19.0 Å². The van der Waals surface area contributed by atoms with Gasteiger partial charge in [-0.15, -0.1) is 0 Å². The lowest BCUT2D eigenvalue weighted by molar-refractivity contribution is 0.0697. The van der Waals surface area contributed by atoms with Crippen LogP contribution in [0.25, 0.3) is 10.9 Å². The standard InChI is InChI=1S/C25H21FN4O3/c26-18-3-7-20(8-4-18)30-23-11-17-13-27-28-21(17)12-22(23)29(14-25(30)9-10-33-15-25)19-5-1-16(2-6-19)24(31)32/h1-8,11-13H,9-10,14-15H2,(H,27,28)(H,31,32). The maximum Gasteiger partial charge on any atom is 0.335 e. The van der Waals surface area contributed by atoms with Gasteiger partial charge < -0.3 is 19.6 Å². The van der Waals surface area contributed by atoms with Gasteiger partial charge in [-0.2, -0.15) is 5.10 Å². The molecule has 166 valence electrons. The summed E-state index contributed by atoms with van der Waals surface area (Å²) in [5.74, 6) is -1.24. The van der Waals surface area contributed by atoms with Gasteiger partial charge in [-0.05, 0) is 67.1 Å². The molecule has 1 atom stereocenters. The van der Waals surface area contributed by atoms with E-state index in [4.69, 9.17) is 4.74 Å². The molecule has 3 heterocycles. The SMILES string of the molecule is O=C(O)c1ccc(N2CC3(CCOC3)N(c3ccc(F)cc3)c3cc4cn[nH]c4cc32)cc1. The highest BCUT2D eigenvalue weighted by molar-refractivity contribution is 5.96. The number of rotatable bonds is 3. The summed E-state index contributed by atoms with van der Waals surface area (Å²) >= 11 is 0. The molecule has 2 aliphatic rings. The molecule has 2 N–H and O–H groups in total. The number of aromatic nitrogens is 2. The fraction of sp³-hybridized carbons (Fsp3) is 0.200. The molecule has 1 aromatic heterocycles. The predicted octanol–water partition coefficient (Wildman–Crippen LogP) is 4.85. The Kier molecular flexibility index (Phi) is 4.38. The van der Waals surface area contributed by atoms with Crippen molar-refractivity contribution in [3.05, 3.63) is 78.2 Å². The zero-order valence-corrected chi connectivity index (χ0v) is 17.7. The molecule has 0 radical (unpaired) electrons. The number of benzene rings is 3. The molecule has 4 aromatic rings. The zero-order valence-electron chi connectivity index (χ0n) is 17.7. The largest absolute Gasteiger partial charge is 0.478 e. The van der Waals surface area contributed by atoms with E-state index in [1.165, 1.54) is 12.1 Å². The Morgan fingerprint density at radius 2 is 1.82 bits per heavy atom. The van der Waals surface area contributed by atoms with E-state index < -0.39 is 5.97 Å². The highest BCUT2D eigenvalue weighted by Gasteiger charge is 2.48. The molecule has 2 aliphatic heterocycles. The quantitative estimate of drug-likeness (QED) is 0.470. The van der Waals surface area contributed by atoms with Crippen LogP contribution in [0.5, 0.6) is 0 Å². The van der Waals surface area contributed by atoms with Crippen LogP contribution < -0.4 is 9.80 Å². The highest BCUT2D eigenvalue weighted by atomic mass is 19.1. The second-order valence-corrected chi connectivity index (χ2v) is 8.58. The fourth-order valence-corrected chi connectivity index (χ4v) is 4.98. The average Bonchev–Trinajstić information content (AvgIpc) is 3.48. The van der Waals surface area contributed by atoms with Crippen LogP contribution in [0, 0.1) is 5.82 Å². The summed E-state index contributed by atoms with van der Waals surface area (Å²) in [4.78, 5) is 15.8. The van der Waals surface area contributed by atoms with Gasteiger partial charge in [-0.3, -0.25) is 5.10 Å². The lowest BCUT2D eigenvalue weighted by atomic mass is 9.89. The van der Waals surface area contributed by atoms with Crippen LogP contribution in [0.15, 0.2) is 66.9 Å². The number of carboxylic acids is 1. The number of nitrogens with one attached hydrogen (secondary N) is 1. The number of halogens is 1. The summed E-state index contributed by atoms with van der Waals surface area (Å²) in [6, 6.07) is 17.6. The lowest BCUT2D eigenvalue weighted by Crippen LogP contribution is -2.57. The first-order valence-electron chi connectivity index (χ1n) is 10.8. The zero-order chi connectivity index (χ0) is 22.6. The lowest BCUT2D eigenvalue weighted by Gasteiger charge is -2.50. The van der Waals surface area contributed by atoms with Gasteiger partial charge >= 0.3 is 5.97 Å². The van der Waals surface area contributed by atoms with Crippen LogP contribution in [-0.2, 0) is 4.74 Å². The molecule has 1 spiro atoms. The number of carboxylic acid groups (broad SMARTS) is 1. The van der Waals surface area contributed by atoms with Crippen molar-refractivity contribution in [1.29, 1.82) is 0 Å². The number of anilines is 4. The number of ether oxygens (including phenoxy) is 1. The van der Waals surface area contributed by atoms with Gasteiger partial charge in [0.2, 0.25) is 0 Å². The Morgan fingerprint density at radius 3 is 2.52 bits per heavy atom. The van der Waals surface area contributed by atoms with Crippen LogP contribution in [0.2, 0.25) is 0 Å². The number of hydrogen-bond donors (Lipinski definition) is 2. The molecule has 1 fully saturated rings. The first-order valence-corrected chi connectivity index (χ1v) is 10.8. The van der Waals surface area contributed by atoms with Gasteiger partial charge in [0, 0.05) is 29.9 Å². The monoisotopic (exact) mass is 444 g/mol. The fourth-order valence-electron chi connectivity index (χ4n) is 4.98. The number of aromatic amines is 1. The highest BCUT2D eigenvalue weighted by Crippen LogP contribution is 2.50. The molecule has 3 aromatic carbocycles. The Balaban J connectivity index is 1.57. The maximum atomic E-state index is 13.8. The minimum Gasteiger partial charge on any atom is -0.478 e. The summed E-state index contributed by atoms with van der Waals surface area (Å²) in [5, 5.41) is 17.5. The summed E-state index contributed by atoms with van der Waals surface area (Å²) in [6.07, 6.45) is 2.59. The van der Waals surface area contributed by atoms with Crippen LogP contribution in [-0.4, -0.2) is 46.6 Å². The normalized spacial score (nSPS) is 19.9. The van der Waals surface area contributed by atoms with Crippen molar-refractivity contribution in [3.8, 4) is 0 Å². The van der Waals surface area contributed by atoms with E-state index >= 15 is 0 Å². The number of aromatic carboxylic acids is 1. The number of hydrogen-bond acceptors (Lipinski definition) is 5. The van der Waals surface area contributed by atoms with Crippen molar-refractivity contribution in [2.45, 2.75) is 12.0 Å². The molecular formula is C25H21FN4O3. The number of fused-ring (bicyclic) bond motifs is 2. The third kappa shape index (κ3) is 3.14. The molecule has 8 heteroatoms. The number of H-pyrrole nitrogens is 1. The van der Waals surface area contributed by atoms with Crippen molar-refractivity contribution in [1.82, 2.24) is 10.2 Å². The van der Waals surface area contributed by atoms with Gasteiger partial charge in [0.05, 0.1) is 40.8 Å². The molecule has 0 aliphatic carbocycles. The summed E-state index contributed by atoms with van der Waals surface area (Å²) in [6.45, 7) is 1.78. The van der Waals surface area contributed by atoms with E-state index in [0.717, 1.165) is 40.1 Å². The maximum absolute atomic E-state index is 13.8. The number of nitrogens with zero attached hydrogens (tertiary/aromatic N) is 3. The average molecular weight is 444 g/mol. The van der Waals surface area contributed by atoms with Crippen LogP contribution >= 0.6 is 0 Å². The Bertz CT molecular complexity index is 1340. The number of carbonyl (C=O) groups is 1. The van der Waals surface area contributed by atoms with Gasteiger partial charge in [-0.25, -0.2) is 9.18 Å². The summed E-state index contributed by atoms with van der Waals surface area (Å²) in [7, 11) is 0. The Morgan fingerprint density at radius 1 is 1.06 bits per heavy atom. The topological polar surface area (TPSA) is 81.7 Å². The third-order valence-electron chi connectivity index (χ3n) is 6.59. The van der Waals surface area contributed by atoms with Crippen LogP contribution in [0.3, 0.4) is 0 Å². The second-order valence-electron chi connectivity index (χ2n) is 8.58. The van der Waals surface area contributed by atoms with Crippen LogP contribution in [0.4, 0.5) is 27.1 Å². The molecule has 1 saturated heterocycles. The van der Waals surface area contributed by atoms with Gasteiger partial charge in [-0.1, -0.05) is 0 Å². The predicted molar refractivity (Wildman–Crippen MR) is 123 cm³/mol. The molecule has 7 nitrogen and oxygen atoms in total. The van der Waals surface area contributed by atoms with Crippen molar-refractivity contribution in [2.24, 2.45) is 0 Å². The smallest absolute Gasteiger partial charge is 0.335 e. The minimum absolute atomic E-state index is 0.242. The van der Waals surface area contributed by atoms with Gasteiger partial charge in [0.25, 0.3) is 0 Å². The first-order chi connectivity index (χ1) is 16.0. The van der Waals surface area contributed by atoms with E-state index in [1.54, 1.807) is 30.5 Å². The van der Waals surface area contributed by atoms with Crippen LogP contribution in [0.1, 0.15) is 16.8 Å².